The molecule has 220 valence electrons. The predicted molar refractivity (Wildman–Crippen MR) is 155 cm³/mol. The summed E-state index contributed by atoms with van der Waals surface area (Å²) in [4.78, 5) is 24.0. The van der Waals surface area contributed by atoms with E-state index in [-0.39, 0.29) is 25.2 Å². The number of esters is 2. The van der Waals surface area contributed by atoms with Gasteiger partial charge < -0.3 is 14.6 Å². The van der Waals surface area contributed by atoms with Crippen molar-refractivity contribution >= 4 is 11.9 Å². The lowest BCUT2D eigenvalue weighted by molar-refractivity contribution is -0.161. The van der Waals surface area contributed by atoms with E-state index in [1.807, 2.05) is 0 Å². The molecule has 0 aliphatic carbocycles. The van der Waals surface area contributed by atoms with Crippen molar-refractivity contribution in [3.05, 3.63) is 0 Å². The third-order valence-electron chi connectivity index (χ3n) is 7.08. The van der Waals surface area contributed by atoms with E-state index in [4.69, 9.17) is 9.47 Å². The molecular formula is C32H62O5. The molecule has 5 nitrogen and oxygen atoms in total. The third-order valence-corrected chi connectivity index (χ3v) is 7.08. The van der Waals surface area contributed by atoms with Crippen molar-refractivity contribution in [2.75, 3.05) is 13.2 Å². The normalized spacial score (nSPS) is 12.1. The first-order valence-corrected chi connectivity index (χ1v) is 16.0. The summed E-state index contributed by atoms with van der Waals surface area (Å²) in [6, 6.07) is 0. The van der Waals surface area contributed by atoms with E-state index >= 15 is 0 Å². The summed E-state index contributed by atoms with van der Waals surface area (Å²) in [5, 5.41) is 9.46. The minimum absolute atomic E-state index is 0.0605. The molecule has 0 saturated heterocycles. The zero-order chi connectivity index (χ0) is 27.4. The molecule has 0 fully saturated rings. The van der Waals surface area contributed by atoms with Gasteiger partial charge in [0, 0.05) is 12.8 Å². The lowest BCUT2D eigenvalue weighted by Crippen LogP contribution is -2.28. The average molecular weight is 527 g/mol. The van der Waals surface area contributed by atoms with Crippen LogP contribution < -0.4 is 0 Å². The van der Waals surface area contributed by atoms with Gasteiger partial charge in [0.05, 0.1) is 6.61 Å². The molecule has 0 rings (SSSR count). The van der Waals surface area contributed by atoms with Crippen LogP contribution in [0.1, 0.15) is 168 Å². The van der Waals surface area contributed by atoms with E-state index < -0.39 is 6.10 Å². The van der Waals surface area contributed by atoms with Gasteiger partial charge in [-0.3, -0.25) is 9.59 Å². The predicted octanol–water partition coefficient (Wildman–Crippen LogP) is 9.08. The Balaban J connectivity index is 3.55. The highest BCUT2D eigenvalue weighted by molar-refractivity contribution is 5.70. The van der Waals surface area contributed by atoms with E-state index in [9.17, 15) is 14.7 Å². The third kappa shape index (κ3) is 27.7. The van der Waals surface area contributed by atoms with E-state index in [0.717, 1.165) is 44.4 Å². The molecule has 37 heavy (non-hydrogen) atoms. The molecule has 1 N–H and O–H groups in total. The second kappa shape index (κ2) is 27.9. The molecule has 0 heterocycles. The molecule has 0 saturated carbocycles. The summed E-state index contributed by atoms with van der Waals surface area (Å²) in [7, 11) is 0. The summed E-state index contributed by atoms with van der Waals surface area (Å²) in [6.45, 7) is 6.39. The van der Waals surface area contributed by atoms with Gasteiger partial charge in [-0.15, -0.1) is 0 Å². The van der Waals surface area contributed by atoms with Crippen molar-refractivity contribution < 1.29 is 24.2 Å². The molecule has 0 unspecified atom stereocenters. The molecule has 0 amide bonds. The minimum atomic E-state index is -0.760. The monoisotopic (exact) mass is 526 g/mol. The molecule has 0 aliphatic rings. The number of aliphatic hydroxyl groups excluding tert-OH is 1. The van der Waals surface area contributed by atoms with Crippen molar-refractivity contribution in [2.24, 2.45) is 5.92 Å². The van der Waals surface area contributed by atoms with Gasteiger partial charge in [0.15, 0.2) is 6.10 Å². The van der Waals surface area contributed by atoms with Gasteiger partial charge in [0.25, 0.3) is 0 Å². The number of carbonyl (C=O) groups excluding carboxylic acids is 2. The molecule has 1 atom stereocenters. The van der Waals surface area contributed by atoms with Gasteiger partial charge in [-0.2, -0.15) is 0 Å². The fraction of sp³-hybridized carbons (Fsp3) is 0.938. The highest BCUT2D eigenvalue weighted by Gasteiger charge is 2.16. The summed E-state index contributed by atoms with van der Waals surface area (Å²) in [5.74, 6) is 0.189. The zero-order valence-electron chi connectivity index (χ0n) is 24.9. The Morgan fingerprint density at radius 2 is 1.00 bits per heavy atom. The molecular weight excluding hydrogens is 464 g/mol. The number of unbranched alkanes of at least 4 members (excludes halogenated alkanes) is 18. The molecule has 0 spiro atoms. The quantitative estimate of drug-likeness (QED) is 0.0813. The highest BCUT2D eigenvalue weighted by atomic mass is 16.6. The van der Waals surface area contributed by atoms with Gasteiger partial charge in [-0.1, -0.05) is 143 Å². The first-order chi connectivity index (χ1) is 18.0. The van der Waals surface area contributed by atoms with E-state index in [1.165, 1.54) is 96.3 Å². The lowest BCUT2D eigenvalue weighted by atomic mass is 10.0. The topological polar surface area (TPSA) is 72.8 Å². The molecule has 0 aliphatic heterocycles. The van der Waals surface area contributed by atoms with Crippen LogP contribution in [0.4, 0.5) is 0 Å². The van der Waals surface area contributed by atoms with E-state index in [0.29, 0.717) is 12.8 Å². The lowest BCUT2D eigenvalue weighted by Gasteiger charge is -2.15. The maximum Gasteiger partial charge on any atom is 0.306 e. The number of carbonyl (C=O) groups is 2. The van der Waals surface area contributed by atoms with Crippen molar-refractivity contribution in [1.29, 1.82) is 0 Å². The molecule has 0 radical (unpaired) electrons. The summed E-state index contributed by atoms with van der Waals surface area (Å²) < 4.78 is 10.5. The van der Waals surface area contributed by atoms with Crippen LogP contribution in [0.15, 0.2) is 0 Å². The number of hydrogen-bond donors (Lipinski definition) is 1. The minimum Gasteiger partial charge on any atom is -0.462 e. The molecule has 0 bridgehead atoms. The Kier molecular flexibility index (Phi) is 27.1. The number of aliphatic hydroxyl groups is 1. The van der Waals surface area contributed by atoms with Gasteiger partial charge in [-0.05, 0) is 18.8 Å². The standard InChI is InChI=1S/C32H62O5/c1-4-5-6-7-8-9-10-11-12-13-14-15-20-23-26-32(35)37-30(27-33)28-36-31(34)25-22-19-17-16-18-21-24-29(2)3/h29-30,33H,4-28H2,1-3H3/t30-/m0/s1. The maximum atomic E-state index is 12.1. The van der Waals surface area contributed by atoms with Crippen LogP contribution >= 0.6 is 0 Å². The smallest absolute Gasteiger partial charge is 0.306 e. The van der Waals surface area contributed by atoms with Crippen LogP contribution in [0.25, 0.3) is 0 Å². The largest absolute Gasteiger partial charge is 0.462 e. The van der Waals surface area contributed by atoms with Crippen LogP contribution in [0.2, 0.25) is 0 Å². The Morgan fingerprint density at radius 3 is 1.43 bits per heavy atom. The van der Waals surface area contributed by atoms with Crippen molar-refractivity contribution in [3.8, 4) is 0 Å². The SMILES string of the molecule is CCCCCCCCCCCCCCCCC(=O)O[C@@H](CO)COC(=O)CCCCCCCCC(C)C. The summed E-state index contributed by atoms with van der Waals surface area (Å²) in [5.41, 5.74) is 0. The van der Waals surface area contributed by atoms with Crippen LogP contribution in [0.3, 0.4) is 0 Å². The Hall–Kier alpha value is -1.10. The summed E-state index contributed by atoms with van der Waals surface area (Å²) >= 11 is 0. The summed E-state index contributed by atoms with van der Waals surface area (Å²) in [6.07, 6.45) is 25.9. The first kappa shape index (κ1) is 35.9. The maximum absolute atomic E-state index is 12.1. The Labute approximate surface area is 229 Å². The fourth-order valence-electron chi connectivity index (χ4n) is 4.62. The number of hydrogen-bond acceptors (Lipinski definition) is 5. The Bertz CT molecular complexity index is 505. The van der Waals surface area contributed by atoms with Crippen LogP contribution in [-0.2, 0) is 19.1 Å². The molecule has 0 aromatic rings. The van der Waals surface area contributed by atoms with Gasteiger partial charge >= 0.3 is 11.9 Å². The molecule has 5 heteroatoms. The number of rotatable bonds is 28. The van der Waals surface area contributed by atoms with Gasteiger partial charge in [0.2, 0.25) is 0 Å². The van der Waals surface area contributed by atoms with Crippen molar-refractivity contribution in [1.82, 2.24) is 0 Å². The van der Waals surface area contributed by atoms with Gasteiger partial charge in [-0.25, -0.2) is 0 Å². The molecule has 0 aromatic heterocycles. The Morgan fingerprint density at radius 1 is 0.595 bits per heavy atom. The average Bonchev–Trinajstić information content (AvgIpc) is 2.88. The number of ether oxygens (including phenoxy) is 2. The van der Waals surface area contributed by atoms with Crippen molar-refractivity contribution in [2.45, 2.75) is 175 Å². The highest BCUT2D eigenvalue weighted by Crippen LogP contribution is 2.14. The van der Waals surface area contributed by atoms with E-state index in [2.05, 4.69) is 20.8 Å². The van der Waals surface area contributed by atoms with Gasteiger partial charge in [0.1, 0.15) is 6.61 Å². The fourth-order valence-corrected chi connectivity index (χ4v) is 4.62. The van der Waals surface area contributed by atoms with E-state index in [1.54, 1.807) is 0 Å². The van der Waals surface area contributed by atoms with Crippen LogP contribution in [-0.4, -0.2) is 36.4 Å². The zero-order valence-corrected chi connectivity index (χ0v) is 24.9. The first-order valence-electron chi connectivity index (χ1n) is 16.0. The molecule has 0 aromatic carbocycles. The van der Waals surface area contributed by atoms with Crippen LogP contribution in [0.5, 0.6) is 0 Å². The van der Waals surface area contributed by atoms with Crippen molar-refractivity contribution in [3.63, 3.8) is 0 Å². The second-order valence-corrected chi connectivity index (χ2v) is 11.4. The second-order valence-electron chi connectivity index (χ2n) is 11.4. The van der Waals surface area contributed by atoms with Crippen LogP contribution in [0, 0.1) is 5.92 Å².